The number of anilines is 1. The van der Waals surface area contributed by atoms with Gasteiger partial charge in [0.15, 0.2) is 15.8 Å². The van der Waals surface area contributed by atoms with Crippen molar-refractivity contribution in [2.45, 2.75) is 25.7 Å². The standard InChI is InChI=1S/C11H12ClN3O3S/c1-6-4-9(11(12)13-5-6)15-19(16,17)10-7(2)14-18-8(10)3/h4-5,15H,1-3H3. The van der Waals surface area contributed by atoms with E-state index in [0.717, 1.165) is 5.56 Å². The molecule has 0 aliphatic heterocycles. The average Bonchev–Trinajstić information content (AvgIpc) is 2.64. The predicted octanol–water partition coefficient (Wildman–Crippen LogP) is 2.45. The van der Waals surface area contributed by atoms with Gasteiger partial charge in [-0.15, -0.1) is 0 Å². The first-order chi connectivity index (χ1) is 8.81. The number of aryl methyl sites for hydroxylation is 3. The Hall–Kier alpha value is -1.60. The van der Waals surface area contributed by atoms with Crippen molar-refractivity contribution < 1.29 is 12.9 Å². The van der Waals surface area contributed by atoms with Crippen molar-refractivity contribution in [1.29, 1.82) is 0 Å². The Morgan fingerprint density at radius 1 is 1.32 bits per heavy atom. The van der Waals surface area contributed by atoms with E-state index in [1.807, 2.05) is 0 Å². The number of hydrogen-bond donors (Lipinski definition) is 1. The van der Waals surface area contributed by atoms with Crippen LogP contribution in [0.3, 0.4) is 0 Å². The van der Waals surface area contributed by atoms with Crippen LogP contribution in [0.2, 0.25) is 5.15 Å². The van der Waals surface area contributed by atoms with E-state index in [0.29, 0.717) is 5.69 Å². The summed E-state index contributed by atoms with van der Waals surface area (Å²) in [6, 6.07) is 1.60. The van der Waals surface area contributed by atoms with Crippen molar-refractivity contribution in [3.05, 3.63) is 34.4 Å². The van der Waals surface area contributed by atoms with E-state index in [4.69, 9.17) is 16.1 Å². The fraction of sp³-hybridized carbons (Fsp3) is 0.273. The molecule has 2 aromatic rings. The second kappa shape index (κ2) is 4.82. The van der Waals surface area contributed by atoms with E-state index >= 15 is 0 Å². The first-order valence-electron chi connectivity index (χ1n) is 5.39. The van der Waals surface area contributed by atoms with Gasteiger partial charge in [-0.1, -0.05) is 16.8 Å². The molecule has 0 amide bonds. The maximum Gasteiger partial charge on any atom is 0.267 e. The average molecular weight is 302 g/mol. The maximum atomic E-state index is 12.3. The van der Waals surface area contributed by atoms with Crippen LogP contribution < -0.4 is 4.72 Å². The molecule has 19 heavy (non-hydrogen) atoms. The maximum absolute atomic E-state index is 12.3. The van der Waals surface area contributed by atoms with Gasteiger partial charge in [0.25, 0.3) is 10.0 Å². The van der Waals surface area contributed by atoms with Crippen LogP contribution in [0.5, 0.6) is 0 Å². The molecule has 0 aliphatic carbocycles. The third-order valence-electron chi connectivity index (χ3n) is 2.46. The summed E-state index contributed by atoms with van der Waals surface area (Å²) in [6.45, 7) is 4.88. The lowest BCUT2D eigenvalue weighted by Crippen LogP contribution is -2.15. The van der Waals surface area contributed by atoms with Gasteiger partial charge in [0, 0.05) is 6.20 Å². The van der Waals surface area contributed by atoms with E-state index in [1.165, 1.54) is 6.92 Å². The van der Waals surface area contributed by atoms with Gasteiger partial charge in [0.05, 0.1) is 5.69 Å². The van der Waals surface area contributed by atoms with Crippen LogP contribution in [0.15, 0.2) is 21.7 Å². The zero-order valence-corrected chi connectivity index (χ0v) is 12.1. The number of halogens is 1. The minimum absolute atomic E-state index is 0.0186. The Kier molecular flexibility index (Phi) is 3.51. The minimum Gasteiger partial charge on any atom is -0.360 e. The zero-order valence-electron chi connectivity index (χ0n) is 10.6. The quantitative estimate of drug-likeness (QED) is 0.880. The number of pyridine rings is 1. The molecule has 0 unspecified atom stereocenters. The molecule has 8 heteroatoms. The summed E-state index contributed by atoms with van der Waals surface area (Å²) < 4.78 is 31.8. The van der Waals surface area contributed by atoms with Gasteiger partial charge in [0.1, 0.15) is 5.69 Å². The van der Waals surface area contributed by atoms with Gasteiger partial charge in [-0.3, -0.25) is 4.72 Å². The van der Waals surface area contributed by atoms with Crippen LogP contribution in [0.1, 0.15) is 17.0 Å². The zero-order chi connectivity index (χ0) is 14.2. The molecule has 0 saturated carbocycles. The van der Waals surface area contributed by atoms with Crippen molar-refractivity contribution >= 4 is 27.3 Å². The summed E-state index contributed by atoms with van der Waals surface area (Å²) in [4.78, 5) is 3.91. The Labute approximate surface area is 115 Å². The third-order valence-corrected chi connectivity index (χ3v) is 4.37. The highest BCUT2D eigenvalue weighted by Crippen LogP contribution is 2.26. The largest absolute Gasteiger partial charge is 0.360 e. The third kappa shape index (κ3) is 2.71. The van der Waals surface area contributed by atoms with Gasteiger partial charge in [0.2, 0.25) is 0 Å². The summed E-state index contributed by atoms with van der Waals surface area (Å²) in [6.07, 6.45) is 1.55. The number of rotatable bonds is 3. The molecule has 0 bridgehead atoms. The van der Waals surface area contributed by atoms with E-state index in [2.05, 4.69) is 14.9 Å². The summed E-state index contributed by atoms with van der Waals surface area (Å²) >= 11 is 5.87. The highest BCUT2D eigenvalue weighted by Gasteiger charge is 2.25. The summed E-state index contributed by atoms with van der Waals surface area (Å²) in [5, 5.41) is 3.71. The number of hydrogen-bond acceptors (Lipinski definition) is 5. The molecule has 102 valence electrons. The van der Waals surface area contributed by atoms with Crippen molar-refractivity contribution in [3.63, 3.8) is 0 Å². The van der Waals surface area contributed by atoms with Crippen LogP contribution in [0.4, 0.5) is 5.69 Å². The van der Waals surface area contributed by atoms with Crippen molar-refractivity contribution in [1.82, 2.24) is 10.1 Å². The van der Waals surface area contributed by atoms with Gasteiger partial charge >= 0.3 is 0 Å². The van der Waals surface area contributed by atoms with E-state index in [-0.39, 0.29) is 21.5 Å². The summed E-state index contributed by atoms with van der Waals surface area (Å²) in [5.74, 6) is 0.224. The second-order valence-corrected chi connectivity index (χ2v) is 6.09. The van der Waals surface area contributed by atoms with Crippen LogP contribution in [-0.2, 0) is 10.0 Å². The number of nitrogens with one attached hydrogen (secondary N) is 1. The predicted molar refractivity (Wildman–Crippen MR) is 70.8 cm³/mol. The van der Waals surface area contributed by atoms with Crippen LogP contribution in [0, 0.1) is 20.8 Å². The van der Waals surface area contributed by atoms with Crippen LogP contribution in [-0.4, -0.2) is 18.6 Å². The monoisotopic (exact) mass is 301 g/mol. The lowest BCUT2D eigenvalue weighted by molar-refractivity contribution is 0.390. The van der Waals surface area contributed by atoms with Crippen molar-refractivity contribution in [3.8, 4) is 0 Å². The van der Waals surface area contributed by atoms with Crippen molar-refractivity contribution in [2.75, 3.05) is 4.72 Å². The Morgan fingerprint density at radius 3 is 2.58 bits per heavy atom. The van der Waals surface area contributed by atoms with Crippen LogP contribution >= 0.6 is 11.6 Å². The van der Waals surface area contributed by atoms with Gasteiger partial charge in [-0.05, 0) is 32.4 Å². The molecule has 0 fully saturated rings. The molecule has 0 atom stereocenters. The Bertz CT molecular complexity index is 705. The smallest absolute Gasteiger partial charge is 0.267 e. The van der Waals surface area contributed by atoms with E-state index in [1.54, 1.807) is 26.1 Å². The van der Waals surface area contributed by atoms with E-state index in [9.17, 15) is 8.42 Å². The lowest BCUT2D eigenvalue weighted by atomic mass is 10.3. The molecule has 2 heterocycles. The first-order valence-corrected chi connectivity index (χ1v) is 7.25. The van der Waals surface area contributed by atoms with Gasteiger partial charge in [-0.2, -0.15) is 0 Å². The molecule has 0 aromatic carbocycles. The Balaban J connectivity index is 2.45. The Morgan fingerprint density at radius 2 is 2.00 bits per heavy atom. The first kappa shape index (κ1) is 13.8. The molecule has 1 N–H and O–H groups in total. The highest BCUT2D eigenvalue weighted by atomic mass is 35.5. The molecule has 6 nitrogen and oxygen atoms in total. The minimum atomic E-state index is -3.80. The molecule has 0 aliphatic rings. The van der Waals surface area contributed by atoms with Crippen molar-refractivity contribution in [2.24, 2.45) is 0 Å². The molecular weight excluding hydrogens is 290 g/mol. The highest BCUT2D eigenvalue weighted by molar-refractivity contribution is 7.92. The van der Waals surface area contributed by atoms with Gasteiger partial charge in [-0.25, -0.2) is 13.4 Å². The second-order valence-electron chi connectivity index (χ2n) is 4.11. The topological polar surface area (TPSA) is 85.1 Å². The van der Waals surface area contributed by atoms with E-state index < -0.39 is 10.0 Å². The number of nitrogens with zero attached hydrogens (tertiary/aromatic N) is 2. The normalized spacial score (nSPS) is 11.6. The fourth-order valence-electron chi connectivity index (χ4n) is 1.68. The fourth-order valence-corrected chi connectivity index (χ4v) is 3.27. The van der Waals surface area contributed by atoms with Gasteiger partial charge < -0.3 is 4.52 Å². The molecule has 2 aromatic heterocycles. The molecule has 0 spiro atoms. The molecule has 0 radical (unpaired) electrons. The summed E-state index contributed by atoms with van der Waals surface area (Å²) in [7, 11) is -3.80. The number of sulfonamides is 1. The summed E-state index contributed by atoms with van der Waals surface area (Å²) in [5.41, 5.74) is 1.31. The molecule has 2 rings (SSSR count). The molecular formula is C11H12ClN3O3S. The van der Waals surface area contributed by atoms with Crippen LogP contribution in [0.25, 0.3) is 0 Å². The lowest BCUT2D eigenvalue weighted by Gasteiger charge is -2.09. The number of aromatic nitrogens is 2. The molecule has 0 saturated heterocycles. The SMILES string of the molecule is Cc1cnc(Cl)c(NS(=O)(=O)c2c(C)noc2C)c1.